The lowest BCUT2D eigenvalue weighted by Gasteiger charge is -2.14. The molecule has 0 radical (unpaired) electrons. The number of carbonyl (C=O) groups excluding carboxylic acids is 2. The Bertz CT molecular complexity index is 398. The number of aliphatic carboxylic acids is 1. The summed E-state index contributed by atoms with van der Waals surface area (Å²) >= 11 is 0. The van der Waals surface area contributed by atoms with Crippen LogP contribution in [0, 0.1) is 23.7 Å². The first kappa shape index (κ1) is 9.57. The van der Waals surface area contributed by atoms with Gasteiger partial charge >= 0.3 is 5.97 Å². The summed E-state index contributed by atoms with van der Waals surface area (Å²) in [6.45, 7) is -0.496. The molecule has 1 saturated heterocycles. The van der Waals surface area contributed by atoms with Gasteiger partial charge in [-0.1, -0.05) is 12.2 Å². The van der Waals surface area contributed by atoms with Crippen molar-refractivity contribution in [2.45, 2.75) is 6.42 Å². The average molecular weight is 221 g/mol. The second-order valence-electron chi connectivity index (χ2n) is 4.66. The molecule has 1 heterocycles. The largest absolute Gasteiger partial charge is 0.480 e. The van der Waals surface area contributed by atoms with E-state index < -0.39 is 12.5 Å². The van der Waals surface area contributed by atoms with Crippen LogP contribution in [0.4, 0.5) is 0 Å². The third-order valence-electron chi connectivity index (χ3n) is 3.86. The van der Waals surface area contributed by atoms with Crippen molar-refractivity contribution in [2.24, 2.45) is 23.7 Å². The molecular formula is C11H11NO4. The van der Waals surface area contributed by atoms with E-state index in [-0.39, 0.29) is 35.5 Å². The highest BCUT2D eigenvalue weighted by molar-refractivity contribution is 6.08. The Morgan fingerprint density at radius 2 is 1.75 bits per heavy atom. The minimum absolute atomic E-state index is 0.144. The van der Waals surface area contributed by atoms with Crippen LogP contribution in [0.3, 0.4) is 0 Å². The lowest BCUT2D eigenvalue weighted by atomic mass is 9.85. The molecule has 2 amide bonds. The maximum absolute atomic E-state index is 11.9. The highest BCUT2D eigenvalue weighted by Crippen LogP contribution is 2.52. The normalized spacial score (nSPS) is 39.6. The molecule has 16 heavy (non-hydrogen) atoms. The third kappa shape index (κ3) is 1.03. The molecule has 2 fully saturated rings. The van der Waals surface area contributed by atoms with Gasteiger partial charge in [-0.25, -0.2) is 0 Å². The highest BCUT2D eigenvalue weighted by Gasteiger charge is 2.59. The fourth-order valence-corrected chi connectivity index (χ4v) is 3.26. The van der Waals surface area contributed by atoms with Crippen LogP contribution >= 0.6 is 0 Å². The highest BCUT2D eigenvalue weighted by atomic mass is 16.4. The molecule has 2 aliphatic carbocycles. The predicted octanol–water partition coefficient (Wildman–Crippen LogP) is -0.122. The minimum Gasteiger partial charge on any atom is -0.480 e. The molecule has 0 aromatic rings. The Morgan fingerprint density at radius 1 is 1.25 bits per heavy atom. The molecule has 0 spiro atoms. The second kappa shape index (κ2) is 2.93. The van der Waals surface area contributed by atoms with E-state index in [0.29, 0.717) is 0 Å². The zero-order valence-corrected chi connectivity index (χ0v) is 8.50. The molecule has 1 aliphatic heterocycles. The predicted molar refractivity (Wildman–Crippen MR) is 52.1 cm³/mol. The molecule has 1 N–H and O–H groups in total. The van der Waals surface area contributed by atoms with Gasteiger partial charge in [0, 0.05) is 0 Å². The molecule has 3 aliphatic rings. The van der Waals surface area contributed by atoms with Gasteiger partial charge < -0.3 is 5.11 Å². The van der Waals surface area contributed by atoms with Crippen molar-refractivity contribution in [1.82, 2.24) is 4.90 Å². The van der Waals surface area contributed by atoms with Gasteiger partial charge in [-0.3, -0.25) is 19.3 Å². The monoisotopic (exact) mass is 221 g/mol. The molecule has 4 atom stereocenters. The molecule has 3 rings (SSSR count). The first-order valence-corrected chi connectivity index (χ1v) is 5.35. The van der Waals surface area contributed by atoms with Crippen LogP contribution in [0.5, 0.6) is 0 Å². The zero-order valence-electron chi connectivity index (χ0n) is 8.50. The Labute approximate surface area is 91.7 Å². The van der Waals surface area contributed by atoms with Crippen LogP contribution in [-0.4, -0.2) is 34.3 Å². The van der Waals surface area contributed by atoms with Crippen molar-refractivity contribution in [3.63, 3.8) is 0 Å². The lowest BCUT2D eigenvalue weighted by Crippen LogP contribution is -2.37. The number of hydrogen-bond acceptors (Lipinski definition) is 3. The van der Waals surface area contributed by atoms with Crippen molar-refractivity contribution in [2.75, 3.05) is 6.54 Å². The van der Waals surface area contributed by atoms with Gasteiger partial charge in [0.15, 0.2) is 0 Å². The molecule has 5 nitrogen and oxygen atoms in total. The number of likely N-dealkylation sites (tertiary alicyclic amines) is 1. The molecule has 1 saturated carbocycles. The quantitative estimate of drug-likeness (QED) is 0.521. The van der Waals surface area contributed by atoms with Crippen LogP contribution in [0.2, 0.25) is 0 Å². The molecule has 84 valence electrons. The minimum atomic E-state index is -1.14. The van der Waals surface area contributed by atoms with Crippen molar-refractivity contribution < 1.29 is 19.5 Å². The van der Waals surface area contributed by atoms with Crippen LogP contribution in [0.1, 0.15) is 6.42 Å². The van der Waals surface area contributed by atoms with Gasteiger partial charge in [-0.15, -0.1) is 0 Å². The van der Waals surface area contributed by atoms with Crippen molar-refractivity contribution in [3.05, 3.63) is 12.2 Å². The SMILES string of the molecule is O=C(O)CN1C(=O)C2C3C=CC(C3)[C@@H]2C1=O. The summed E-state index contributed by atoms with van der Waals surface area (Å²) in [5, 5.41) is 8.66. The number of imide groups is 1. The number of carbonyl (C=O) groups is 3. The third-order valence-corrected chi connectivity index (χ3v) is 3.86. The first-order chi connectivity index (χ1) is 7.59. The average Bonchev–Trinajstić information content (AvgIpc) is 2.87. The fourth-order valence-electron chi connectivity index (χ4n) is 3.26. The summed E-state index contributed by atoms with van der Waals surface area (Å²) in [6, 6.07) is 0. The van der Waals surface area contributed by atoms with E-state index in [9.17, 15) is 14.4 Å². The number of allylic oxidation sites excluding steroid dienone is 2. The van der Waals surface area contributed by atoms with Gasteiger partial charge in [0.1, 0.15) is 6.54 Å². The lowest BCUT2D eigenvalue weighted by molar-refractivity contribution is -0.149. The number of nitrogens with zero attached hydrogens (tertiary/aromatic N) is 1. The standard InChI is InChI=1S/C11H11NO4/c13-7(14)4-12-10(15)8-5-1-2-6(3-5)9(8)11(12)16/h1-2,5-6,8-9H,3-4H2,(H,13,14)/t5?,6?,8-,9?/m0/s1. The van der Waals surface area contributed by atoms with Crippen LogP contribution in [0.15, 0.2) is 12.2 Å². The Morgan fingerprint density at radius 3 is 2.19 bits per heavy atom. The van der Waals surface area contributed by atoms with Crippen LogP contribution in [-0.2, 0) is 14.4 Å². The molecule has 5 heteroatoms. The number of rotatable bonds is 2. The second-order valence-corrected chi connectivity index (χ2v) is 4.66. The van der Waals surface area contributed by atoms with Crippen molar-refractivity contribution in [1.29, 1.82) is 0 Å². The number of carboxylic acid groups (broad SMARTS) is 1. The molecule has 0 aromatic carbocycles. The van der Waals surface area contributed by atoms with E-state index in [1.54, 1.807) is 0 Å². The number of amides is 2. The van der Waals surface area contributed by atoms with E-state index in [1.165, 1.54) is 0 Å². The zero-order chi connectivity index (χ0) is 11.4. The number of carboxylic acids is 1. The molecule has 0 aromatic heterocycles. The van der Waals surface area contributed by atoms with Crippen LogP contribution in [0.25, 0.3) is 0 Å². The smallest absolute Gasteiger partial charge is 0.323 e. The molecule has 3 unspecified atom stereocenters. The first-order valence-electron chi connectivity index (χ1n) is 5.35. The van der Waals surface area contributed by atoms with Gasteiger partial charge in [-0.05, 0) is 18.3 Å². The molecule has 2 bridgehead atoms. The summed E-state index contributed by atoms with van der Waals surface area (Å²) in [5.74, 6) is -2.02. The van der Waals surface area contributed by atoms with Gasteiger partial charge in [-0.2, -0.15) is 0 Å². The maximum atomic E-state index is 11.9. The van der Waals surface area contributed by atoms with Crippen molar-refractivity contribution >= 4 is 17.8 Å². The van der Waals surface area contributed by atoms with Crippen LogP contribution < -0.4 is 0 Å². The molecular weight excluding hydrogens is 210 g/mol. The van der Waals surface area contributed by atoms with Gasteiger partial charge in [0.25, 0.3) is 0 Å². The number of hydrogen-bond donors (Lipinski definition) is 1. The Kier molecular flexibility index (Phi) is 1.75. The summed E-state index contributed by atoms with van der Waals surface area (Å²) in [6.07, 6.45) is 4.84. The summed E-state index contributed by atoms with van der Waals surface area (Å²) < 4.78 is 0. The number of fused-ring (bicyclic) bond motifs is 5. The van der Waals surface area contributed by atoms with E-state index in [0.717, 1.165) is 11.3 Å². The van der Waals surface area contributed by atoms with E-state index >= 15 is 0 Å². The summed E-state index contributed by atoms with van der Waals surface area (Å²) in [4.78, 5) is 35.4. The Balaban J connectivity index is 1.91. The van der Waals surface area contributed by atoms with Crippen molar-refractivity contribution in [3.8, 4) is 0 Å². The summed E-state index contributed by atoms with van der Waals surface area (Å²) in [7, 11) is 0. The maximum Gasteiger partial charge on any atom is 0.323 e. The van der Waals surface area contributed by atoms with E-state index in [2.05, 4.69) is 0 Å². The summed E-state index contributed by atoms with van der Waals surface area (Å²) in [5.41, 5.74) is 0. The Hall–Kier alpha value is -1.65. The van der Waals surface area contributed by atoms with E-state index in [1.807, 2.05) is 12.2 Å². The fraction of sp³-hybridized carbons (Fsp3) is 0.545. The van der Waals surface area contributed by atoms with Gasteiger partial charge in [0.2, 0.25) is 11.8 Å². The topological polar surface area (TPSA) is 74.7 Å². The van der Waals surface area contributed by atoms with Gasteiger partial charge in [0.05, 0.1) is 11.8 Å². The van der Waals surface area contributed by atoms with E-state index in [4.69, 9.17) is 5.11 Å².